The number of hydrogen-bond acceptors (Lipinski definition) is 3. The summed E-state index contributed by atoms with van der Waals surface area (Å²) in [6, 6.07) is 5.69. The van der Waals surface area contributed by atoms with Crippen LogP contribution in [0.1, 0.15) is 17.2 Å². The normalized spacial score (nSPS) is 23.7. The topological polar surface area (TPSA) is 38.7 Å². The van der Waals surface area contributed by atoms with Gasteiger partial charge in [0.25, 0.3) is 0 Å². The van der Waals surface area contributed by atoms with Crippen LogP contribution in [0, 0.1) is 0 Å². The first kappa shape index (κ1) is 10.2. The van der Waals surface area contributed by atoms with Crippen LogP contribution in [0.4, 0.5) is 0 Å². The molecular weight excluding hydrogens is 192 g/mol. The highest BCUT2D eigenvalue weighted by Crippen LogP contribution is 2.35. The zero-order chi connectivity index (χ0) is 10.8. The molecule has 0 spiro atoms. The summed E-state index contributed by atoms with van der Waals surface area (Å²) < 4.78 is 10.4. The molecule has 0 bridgehead atoms. The van der Waals surface area contributed by atoms with Gasteiger partial charge in [0.05, 0.1) is 7.11 Å². The number of hydrogen-bond donors (Lipinski definition) is 1. The third-order valence-corrected chi connectivity index (χ3v) is 2.66. The summed E-state index contributed by atoms with van der Waals surface area (Å²) in [6.07, 6.45) is 2.84. The Morgan fingerprint density at radius 1 is 1.27 bits per heavy atom. The maximum Gasteiger partial charge on any atom is 0.125 e. The van der Waals surface area contributed by atoms with E-state index in [0.717, 1.165) is 11.1 Å². The van der Waals surface area contributed by atoms with Gasteiger partial charge in [0.2, 0.25) is 0 Å². The van der Waals surface area contributed by atoms with E-state index in [0.29, 0.717) is 5.75 Å². The summed E-state index contributed by atoms with van der Waals surface area (Å²) in [4.78, 5) is 0. The minimum atomic E-state index is -0.661. The molecule has 2 rings (SSSR count). The minimum absolute atomic E-state index is 0.297. The van der Waals surface area contributed by atoms with Gasteiger partial charge in [-0.15, -0.1) is 0 Å². The molecule has 3 heteroatoms. The average molecular weight is 206 g/mol. The predicted octanol–water partition coefficient (Wildman–Crippen LogP) is 1.77. The molecule has 0 aliphatic heterocycles. The van der Waals surface area contributed by atoms with Gasteiger partial charge in [-0.1, -0.05) is 24.3 Å². The molecule has 0 radical (unpaired) electrons. The van der Waals surface area contributed by atoms with E-state index in [-0.39, 0.29) is 6.10 Å². The van der Waals surface area contributed by atoms with E-state index in [1.807, 2.05) is 30.4 Å². The SMILES string of the molecule is COc1cccc2c1[C@@H](O)[C@H](OC)C=C2. The fraction of sp³-hybridized carbons (Fsp3) is 0.333. The van der Waals surface area contributed by atoms with Crippen molar-refractivity contribution in [3.05, 3.63) is 35.4 Å². The maximum absolute atomic E-state index is 10.1. The first-order chi connectivity index (χ1) is 7.27. The molecule has 0 amide bonds. The van der Waals surface area contributed by atoms with Crippen LogP contribution in [0.25, 0.3) is 6.08 Å². The highest BCUT2D eigenvalue weighted by atomic mass is 16.5. The highest BCUT2D eigenvalue weighted by molar-refractivity contribution is 5.62. The van der Waals surface area contributed by atoms with Gasteiger partial charge >= 0.3 is 0 Å². The number of rotatable bonds is 2. The largest absolute Gasteiger partial charge is 0.496 e. The van der Waals surface area contributed by atoms with Gasteiger partial charge in [-0.25, -0.2) is 0 Å². The Bertz CT molecular complexity index is 384. The van der Waals surface area contributed by atoms with Gasteiger partial charge in [-0.2, -0.15) is 0 Å². The number of aliphatic hydroxyl groups excluding tert-OH is 1. The van der Waals surface area contributed by atoms with Crippen molar-refractivity contribution in [3.63, 3.8) is 0 Å². The number of ether oxygens (including phenoxy) is 2. The molecule has 0 unspecified atom stereocenters. The second-order valence-electron chi connectivity index (χ2n) is 3.47. The van der Waals surface area contributed by atoms with Gasteiger partial charge in [-0.05, 0) is 11.6 Å². The quantitative estimate of drug-likeness (QED) is 0.801. The van der Waals surface area contributed by atoms with Gasteiger partial charge in [-0.3, -0.25) is 0 Å². The average Bonchev–Trinajstić information content (AvgIpc) is 2.29. The summed E-state index contributed by atoms with van der Waals surface area (Å²) >= 11 is 0. The van der Waals surface area contributed by atoms with Crippen molar-refractivity contribution in [1.82, 2.24) is 0 Å². The number of benzene rings is 1. The summed E-state index contributed by atoms with van der Waals surface area (Å²) in [5.74, 6) is 0.700. The Balaban J connectivity index is 2.50. The zero-order valence-electron chi connectivity index (χ0n) is 8.81. The van der Waals surface area contributed by atoms with E-state index >= 15 is 0 Å². The molecule has 0 aromatic heterocycles. The molecule has 1 N–H and O–H groups in total. The predicted molar refractivity (Wildman–Crippen MR) is 57.8 cm³/mol. The second kappa shape index (κ2) is 4.04. The second-order valence-corrected chi connectivity index (χ2v) is 3.47. The van der Waals surface area contributed by atoms with E-state index in [1.54, 1.807) is 14.2 Å². The van der Waals surface area contributed by atoms with E-state index in [1.165, 1.54) is 0 Å². The van der Waals surface area contributed by atoms with Crippen molar-refractivity contribution in [2.45, 2.75) is 12.2 Å². The zero-order valence-corrected chi connectivity index (χ0v) is 8.81. The smallest absolute Gasteiger partial charge is 0.125 e. The number of fused-ring (bicyclic) bond motifs is 1. The summed E-state index contributed by atoms with van der Waals surface area (Å²) in [5.41, 5.74) is 1.78. The molecule has 80 valence electrons. The molecule has 1 aliphatic rings. The minimum Gasteiger partial charge on any atom is -0.496 e. The first-order valence-electron chi connectivity index (χ1n) is 4.84. The molecule has 2 atom stereocenters. The maximum atomic E-state index is 10.1. The van der Waals surface area contributed by atoms with Crippen molar-refractivity contribution < 1.29 is 14.6 Å². The molecule has 0 heterocycles. The third kappa shape index (κ3) is 1.64. The molecule has 1 aliphatic carbocycles. The number of aliphatic hydroxyl groups is 1. The summed E-state index contributed by atoms with van der Waals surface area (Å²) in [7, 11) is 3.18. The van der Waals surface area contributed by atoms with Crippen molar-refractivity contribution in [2.24, 2.45) is 0 Å². The summed E-state index contributed by atoms with van der Waals surface area (Å²) in [6.45, 7) is 0. The standard InChI is InChI=1S/C12H14O3/c1-14-9-5-3-4-8-6-7-10(15-2)12(13)11(8)9/h3-7,10,12-13H,1-2H3/t10-,12+/m1/s1. The van der Waals surface area contributed by atoms with Gasteiger partial charge < -0.3 is 14.6 Å². The van der Waals surface area contributed by atoms with Crippen LogP contribution in [-0.2, 0) is 4.74 Å². The molecule has 1 aromatic carbocycles. The monoisotopic (exact) mass is 206 g/mol. The molecule has 1 aromatic rings. The van der Waals surface area contributed by atoms with Crippen molar-refractivity contribution >= 4 is 6.08 Å². The van der Waals surface area contributed by atoms with Crippen molar-refractivity contribution in [3.8, 4) is 5.75 Å². The number of methoxy groups -OCH3 is 2. The van der Waals surface area contributed by atoms with Crippen LogP contribution in [0.3, 0.4) is 0 Å². The van der Waals surface area contributed by atoms with Crippen LogP contribution in [0.2, 0.25) is 0 Å². The fourth-order valence-electron chi connectivity index (χ4n) is 1.88. The van der Waals surface area contributed by atoms with Gasteiger partial charge in [0.15, 0.2) is 0 Å². The van der Waals surface area contributed by atoms with Crippen LogP contribution in [0.15, 0.2) is 24.3 Å². The Kier molecular flexibility index (Phi) is 2.75. The summed E-state index contributed by atoms with van der Waals surface area (Å²) in [5, 5.41) is 10.1. The molecular formula is C12H14O3. The van der Waals surface area contributed by atoms with Gasteiger partial charge in [0, 0.05) is 12.7 Å². The molecule has 0 fully saturated rings. The first-order valence-corrected chi connectivity index (χ1v) is 4.84. The van der Waals surface area contributed by atoms with E-state index < -0.39 is 6.10 Å². The molecule has 0 saturated heterocycles. The Hall–Kier alpha value is -1.32. The lowest BCUT2D eigenvalue weighted by Gasteiger charge is -2.26. The highest BCUT2D eigenvalue weighted by Gasteiger charge is 2.26. The van der Waals surface area contributed by atoms with E-state index in [2.05, 4.69) is 0 Å². The van der Waals surface area contributed by atoms with Crippen LogP contribution < -0.4 is 4.74 Å². The lowest BCUT2D eigenvalue weighted by molar-refractivity contribution is 0.0138. The van der Waals surface area contributed by atoms with Crippen LogP contribution >= 0.6 is 0 Å². The third-order valence-electron chi connectivity index (χ3n) is 2.66. The van der Waals surface area contributed by atoms with E-state index in [4.69, 9.17) is 9.47 Å². The van der Waals surface area contributed by atoms with Crippen molar-refractivity contribution in [2.75, 3.05) is 14.2 Å². The van der Waals surface area contributed by atoms with Crippen molar-refractivity contribution in [1.29, 1.82) is 0 Å². The fourth-order valence-corrected chi connectivity index (χ4v) is 1.88. The lowest BCUT2D eigenvalue weighted by Crippen LogP contribution is -2.22. The van der Waals surface area contributed by atoms with Gasteiger partial charge in [0.1, 0.15) is 18.0 Å². The molecule has 0 saturated carbocycles. The van der Waals surface area contributed by atoms with Crippen LogP contribution in [0.5, 0.6) is 5.75 Å². The van der Waals surface area contributed by atoms with Crippen LogP contribution in [-0.4, -0.2) is 25.4 Å². The molecule has 15 heavy (non-hydrogen) atoms. The Morgan fingerprint density at radius 3 is 2.73 bits per heavy atom. The Morgan fingerprint density at radius 2 is 2.07 bits per heavy atom. The Labute approximate surface area is 88.9 Å². The lowest BCUT2D eigenvalue weighted by atomic mass is 9.92. The molecule has 3 nitrogen and oxygen atoms in total. The van der Waals surface area contributed by atoms with E-state index in [9.17, 15) is 5.11 Å².